The normalized spacial score (nSPS) is 23.0. The molecule has 2 aromatic carbocycles. The van der Waals surface area contributed by atoms with Gasteiger partial charge < -0.3 is 24.1 Å². The lowest BCUT2D eigenvalue weighted by molar-refractivity contribution is -0.128. The number of methoxy groups -OCH3 is 1. The lowest BCUT2D eigenvalue weighted by Crippen LogP contribution is -2.53. The number of piperidine rings is 1. The number of imidazole rings is 1. The van der Waals surface area contributed by atoms with Crippen LogP contribution in [0, 0.1) is 12.7 Å². The summed E-state index contributed by atoms with van der Waals surface area (Å²) in [7, 11) is 1.60. The van der Waals surface area contributed by atoms with E-state index in [1.807, 2.05) is 42.0 Å². The number of nitrogens with zero attached hydrogens (tertiary/aromatic N) is 4. The van der Waals surface area contributed by atoms with E-state index in [-0.39, 0.29) is 6.54 Å². The number of oxime groups is 1. The van der Waals surface area contributed by atoms with Gasteiger partial charge in [-0.1, -0.05) is 11.2 Å². The number of hydrogen-bond acceptors (Lipinski definition) is 6. The summed E-state index contributed by atoms with van der Waals surface area (Å²) in [6.45, 7) is 1.13. The monoisotopic (exact) mass is 466 g/mol. The van der Waals surface area contributed by atoms with Crippen molar-refractivity contribution in [3.05, 3.63) is 83.2 Å². The molecule has 176 valence electrons. The lowest BCUT2D eigenvalue weighted by atomic mass is 9.93. The molecule has 0 radical (unpaired) electrons. The van der Waals surface area contributed by atoms with Crippen LogP contribution in [0.2, 0.25) is 0 Å². The van der Waals surface area contributed by atoms with Crippen molar-refractivity contribution < 1.29 is 23.5 Å². The molecule has 5 rings (SSSR count). The number of aliphatic hydroxyl groups is 1. The Bertz CT molecular complexity index is 1270. The third kappa shape index (κ3) is 3.71. The van der Waals surface area contributed by atoms with E-state index in [1.165, 1.54) is 24.3 Å². The number of amidine groups is 1. The second-order valence-corrected chi connectivity index (χ2v) is 8.42. The molecule has 0 amide bonds. The van der Waals surface area contributed by atoms with Crippen molar-refractivity contribution in [1.29, 1.82) is 0 Å². The predicted molar refractivity (Wildman–Crippen MR) is 123 cm³/mol. The van der Waals surface area contributed by atoms with E-state index < -0.39 is 24.3 Å². The van der Waals surface area contributed by atoms with Crippen molar-refractivity contribution in [2.45, 2.75) is 25.2 Å². The minimum absolute atomic E-state index is 0.139. The summed E-state index contributed by atoms with van der Waals surface area (Å²) in [5.74, 6) is 0.661. The highest BCUT2D eigenvalue weighted by Gasteiger charge is 2.51. The summed E-state index contributed by atoms with van der Waals surface area (Å²) < 4.78 is 35.4. The molecule has 0 unspecified atom stereocenters. The average molecular weight is 466 g/mol. The first-order chi connectivity index (χ1) is 16.4. The molecule has 34 heavy (non-hydrogen) atoms. The van der Waals surface area contributed by atoms with Gasteiger partial charge in [0.2, 0.25) is 0 Å². The number of ether oxygens (including phenoxy) is 1. The molecule has 7 nitrogen and oxygen atoms in total. The largest absolute Gasteiger partial charge is 0.495 e. The van der Waals surface area contributed by atoms with Gasteiger partial charge in [-0.15, -0.1) is 0 Å². The van der Waals surface area contributed by atoms with Crippen molar-refractivity contribution >= 4 is 11.9 Å². The zero-order chi connectivity index (χ0) is 23.9. The zero-order valence-corrected chi connectivity index (χ0v) is 18.8. The molecule has 2 aliphatic rings. The number of alkyl halides is 1. The maximum atomic E-state index is 14.4. The molecule has 0 bridgehead atoms. The lowest BCUT2D eigenvalue weighted by Gasteiger charge is -2.39. The van der Waals surface area contributed by atoms with Gasteiger partial charge in [0.15, 0.2) is 12.5 Å². The van der Waals surface area contributed by atoms with Crippen LogP contribution in [0.15, 0.2) is 65.7 Å². The van der Waals surface area contributed by atoms with E-state index >= 15 is 0 Å². The second kappa shape index (κ2) is 8.57. The molecule has 1 aromatic heterocycles. The van der Waals surface area contributed by atoms with Crippen molar-refractivity contribution in [3.8, 4) is 11.4 Å². The Morgan fingerprint density at radius 2 is 2.06 bits per heavy atom. The van der Waals surface area contributed by atoms with Gasteiger partial charge in [0.1, 0.15) is 11.6 Å². The zero-order valence-electron chi connectivity index (χ0n) is 18.8. The molecule has 1 saturated heterocycles. The van der Waals surface area contributed by atoms with Crippen LogP contribution in [-0.4, -0.2) is 51.8 Å². The number of halogens is 2. The third-order valence-electron chi connectivity index (χ3n) is 6.12. The highest BCUT2D eigenvalue weighted by molar-refractivity contribution is 6.03. The summed E-state index contributed by atoms with van der Waals surface area (Å²) in [4.78, 5) is 11.5. The molecule has 3 heterocycles. The number of aromatic nitrogens is 2. The summed E-state index contributed by atoms with van der Waals surface area (Å²) in [6.07, 6.45) is 5.07. The molecule has 2 aliphatic heterocycles. The molecule has 0 aliphatic carbocycles. The van der Waals surface area contributed by atoms with Crippen LogP contribution < -0.4 is 4.74 Å². The Kier molecular flexibility index (Phi) is 5.57. The van der Waals surface area contributed by atoms with Crippen LogP contribution in [0.1, 0.15) is 23.2 Å². The standard InChI is InChI=1S/C25H24F2N4O3/c1-16-12-30(15-28-16)22-8-3-17(10-23(22)33-2)9-18-11-21(32)13-31-24(18)29-34-25(31,14-26)19-4-6-20(27)7-5-19/h3-10,12,15,21,32H,11,13-14H2,1-2H3/b18-9+/t21-,25-/m1/s1. The first-order valence-corrected chi connectivity index (χ1v) is 10.9. The second-order valence-electron chi connectivity index (χ2n) is 8.42. The molecular weight excluding hydrogens is 442 g/mol. The summed E-state index contributed by atoms with van der Waals surface area (Å²) in [5.41, 5.74) is 2.12. The van der Waals surface area contributed by atoms with E-state index in [0.717, 1.165) is 16.9 Å². The Hall–Kier alpha value is -3.72. The third-order valence-corrected chi connectivity index (χ3v) is 6.12. The van der Waals surface area contributed by atoms with Gasteiger partial charge in [0, 0.05) is 23.8 Å². The maximum absolute atomic E-state index is 14.4. The SMILES string of the molecule is COc1cc(/C=C2\C[C@@H](O)CN3C2=NO[C@]3(CF)c2ccc(F)cc2)ccc1-n1cnc(C)c1. The molecule has 1 fully saturated rings. The quantitative estimate of drug-likeness (QED) is 0.617. The number of benzene rings is 2. The van der Waals surface area contributed by atoms with Gasteiger partial charge in [0.05, 0.1) is 37.5 Å². The van der Waals surface area contributed by atoms with Gasteiger partial charge in [-0.2, -0.15) is 0 Å². The van der Waals surface area contributed by atoms with Crippen molar-refractivity contribution in [2.75, 3.05) is 20.3 Å². The fraction of sp³-hybridized carbons (Fsp3) is 0.280. The number of fused-ring (bicyclic) bond motifs is 1. The van der Waals surface area contributed by atoms with Crippen molar-refractivity contribution in [2.24, 2.45) is 5.16 Å². The smallest absolute Gasteiger partial charge is 0.265 e. The average Bonchev–Trinajstić information content (AvgIpc) is 3.43. The molecule has 0 spiro atoms. The summed E-state index contributed by atoms with van der Waals surface area (Å²) >= 11 is 0. The first-order valence-electron chi connectivity index (χ1n) is 10.9. The van der Waals surface area contributed by atoms with Crippen molar-refractivity contribution in [3.63, 3.8) is 0 Å². The fourth-order valence-electron chi connectivity index (χ4n) is 4.44. The minimum Gasteiger partial charge on any atom is -0.495 e. The van der Waals surface area contributed by atoms with Crippen LogP contribution in [0.3, 0.4) is 0 Å². The maximum Gasteiger partial charge on any atom is 0.265 e. The molecule has 9 heteroatoms. The fourth-order valence-corrected chi connectivity index (χ4v) is 4.44. The van der Waals surface area contributed by atoms with E-state index in [0.29, 0.717) is 29.1 Å². The highest BCUT2D eigenvalue weighted by Crippen LogP contribution is 2.41. The van der Waals surface area contributed by atoms with Gasteiger partial charge in [-0.3, -0.25) is 0 Å². The minimum atomic E-state index is -1.55. The Morgan fingerprint density at radius 3 is 2.74 bits per heavy atom. The topological polar surface area (TPSA) is 72.1 Å². The first kappa shape index (κ1) is 22.1. The summed E-state index contributed by atoms with van der Waals surface area (Å²) in [6, 6.07) is 11.2. The van der Waals surface area contributed by atoms with Gasteiger partial charge in [0.25, 0.3) is 5.72 Å². The summed E-state index contributed by atoms with van der Waals surface area (Å²) in [5, 5.41) is 14.8. The Balaban J connectivity index is 1.50. The number of aliphatic hydroxyl groups excluding tert-OH is 1. The van der Waals surface area contributed by atoms with Crippen LogP contribution in [0.4, 0.5) is 8.78 Å². The van der Waals surface area contributed by atoms with Crippen LogP contribution >= 0.6 is 0 Å². The van der Waals surface area contributed by atoms with E-state index in [9.17, 15) is 13.9 Å². The number of rotatable bonds is 5. The predicted octanol–water partition coefficient (Wildman–Crippen LogP) is 3.94. The van der Waals surface area contributed by atoms with Gasteiger partial charge in [-0.25, -0.2) is 13.8 Å². The molecular formula is C25H24F2N4O3. The number of aryl methyl sites for hydroxylation is 1. The van der Waals surface area contributed by atoms with Crippen LogP contribution in [0.25, 0.3) is 11.8 Å². The Labute approximate surface area is 195 Å². The highest BCUT2D eigenvalue weighted by atomic mass is 19.1. The van der Waals surface area contributed by atoms with Gasteiger partial charge >= 0.3 is 0 Å². The molecule has 3 aromatic rings. The van der Waals surface area contributed by atoms with Crippen molar-refractivity contribution in [1.82, 2.24) is 14.5 Å². The van der Waals surface area contributed by atoms with Crippen LogP contribution in [-0.2, 0) is 10.6 Å². The molecule has 1 N–H and O–H groups in total. The number of hydrogen-bond donors (Lipinski definition) is 1. The van der Waals surface area contributed by atoms with E-state index in [1.54, 1.807) is 18.3 Å². The molecule has 2 atom stereocenters. The van der Waals surface area contributed by atoms with E-state index in [4.69, 9.17) is 9.57 Å². The molecule has 0 saturated carbocycles. The van der Waals surface area contributed by atoms with Gasteiger partial charge in [-0.05, 0) is 55.0 Å². The van der Waals surface area contributed by atoms with E-state index in [2.05, 4.69) is 10.1 Å². The van der Waals surface area contributed by atoms with Crippen LogP contribution in [0.5, 0.6) is 5.75 Å². The Morgan fingerprint density at radius 1 is 1.26 bits per heavy atom.